The molecule has 0 saturated heterocycles. The molecule has 0 bridgehead atoms. The first-order chi connectivity index (χ1) is 11.3. The van der Waals surface area contributed by atoms with Gasteiger partial charge in [0.25, 0.3) is 0 Å². The van der Waals surface area contributed by atoms with Crippen molar-refractivity contribution in [1.82, 2.24) is 4.90 Å². The molecule has 5 heteroatoms. The maximum Gasteiger partial charge on any atom is 0.231 e. The first kappa shape index (κ1) is 15.5. The SMILES string of the molecule is COc1ccccc1OCCN(C)Cc1cccc2c1OCO2. The molecule has 0 amide bonds. The number of nitrogens with zero attached hydrogens (tertiary/aromatic N) is 1. The summed E-state index contributed by atoms with van der Waals surface area (Å²) < 4.78 is 22.0. The number of hydrogen-bond donors (Lipinski definition) is 0. The molecule has 23 heavy (non-hydrogen) atoms. The summed E-state index contributed by atoms with van der Waals surface area (Å²) in [5.74, 6) is 3.19. The van der Waals surface area contributed by atoms with Crippen LogP contribution >= 0.6 is 0 Å². The molecule has 0 aliphatic carbocycles. The molecule has 2 aromatic rings. The minimum absolute atomic E-state index is 0.299. The van der Waals surface area contributed by atoms with Crippen molar-refractivity contribution in [2.24, 2.45) is 0 Å². The van der Waals surface area contributed by atoms with Gasteiger partial charge < -0.3 is 18.9 Å². The quantitative estimate of drug-likeness (QED) is 0.785. The van der Waals surface area contributed by atoms with Gasteiger partial charge in [0.2, 0.25) is 6.79 Å². The summed E-state index contributed by atoms with van der Waals surface area (Å²) in [4.78, 5) is 2.19. The lowest BCUT2D eigenvalue weighted by molar-refractivity contribution is 0.171. The monoisotopic (exact) mass is 315 g/mol. The van der Waals surface area contributed by atoms with Crippen molar-refractivity contribution < 1.29 is 18.9 Å². The molecule has 0 aromatic heterocycles. The Bertz CT molecular complexity index is 659. The summed E-state index contributed by atoms with van der Waals surface area (Å²) in [5.41, 5.74) is 1.12. The van der Waals surface area contributed by atoms with E-state index in [0.29, 0.717) is 13.4 Å². The van der Waals surface area contributed by atoms with Crippen LogP contribution in [-0.4, -0.2) is 39.0 Å². The molecular weight excluding hydrogens is 294 g/mol. The zero-order valence-electron chi connectivity index (χ0n) is 13.5. The van der Waals surface area contributed by atoms with Crippen molar-refractivity contribution >= 4 is 0 Å². The average molecular weight is 315 g/mol. The van der Waals surface area contributed by atoms with E-state index in [9.17, 15) is 0 Å². The van der Waals surface area contributed by atoms with Crippen LogP contribution in [-0.2, 0) is 6.54 Å². The molecule has 122 valence electrons. The number of para-hydroxylation sites is 3. The molecule has 0 radical (unpaired) electrons. The Morgan fingerprint density at radius 1 is 1.04 bits per heavy atom. The van der Waals surface area contributed by atoms with Crippen LogP contribution in [0.4, 0.5) is 0 Å². The van der Waals surface area contributed by atoms with Gasteiger partial charge in [0.15, 0.2) is 23.0 Å². The van der Waals surface area contributed by atoms with Gasteiger partial charge in [0, 0.05) is 18.7 Å². The number of ether oxygens (including phenoxy) is 4. The Labute approximate surface area is 136 Å². The van der Waals surface area contributed by atoms with Crippen LogP contribution in [0.15, 0.2) is 42.5 Å². The van der Waals surface area contributed by atoms with Gasteiger partial charge in [0.1, 0.15) is 6.61 Å². The average Bonchev–Trinajstić information content (AvgIpc) is 3.05. The van der Waals surface area contributed by atoms with Gasteiger partial charge in [-0.25, -0.2) is 0 Å². The van der Waals surface area contributed by atoms with Gasteiger partial charge in [-0.3, -0.25) is 4.90 Å². The van der Waals surface area contributed by atoms with Crippen LogP contribution in [0, 0.1) is 0 Å². The minimum Gasteiger partial charge on any atom is -0.493 e. The highest BCUT2D eigenvalue weighted by Crippen LogP contribution is 2.35. The van der Waals surface area contributed by atoms with E-state index in [2.05, 4.69) is 18.0 Å². The Kier molecular flexibility index (Phi) is 4.88. The largest absolute Gasteiger partial charge is 0.493 e. The van der Waals surface area contributed by atoms with E-state index < -0.39 is 0 Å². The summed E-state index contributed by atoms with van der Waals surface area (Å²) >= 11 is 0. The molecule has 5 nitrogen and oxygen atoms in total. The minimum atomic E-state index is 0.299. The van der Waals surface area contributed by atoms with Gasteiger partial charge in [-0.05, 0) is 25.2 Å². The van der Waals surface area contributed by atoms with E-state index in [1.54, 1.807) is 7.11 Å². The first-order valence-corrected chi connectivity index (χ1v) is 7.60. The van der Waals surface area contributed by atoms with Crippen LogP contribution in [0.3, 0.4) is 0 Å². The number of methoxy groups -OCH3 is 1. The molecule has 0 saturated carbocycles. The van der Waals surface area contributed by atoms with Gasteiger partial charge in [-0.1, -0.05) is 24.3 Å². The number of hydrogen-bond acceptors (Lipinski definition) is 5. The van der Waals surface area contributed by atoms with Crippen LogP contribution < -0.4 is 18.9 Å². The molecule has 0 unspecified atom stereocenters. The number of benzene rings is 2. The normalized spacial score (nSPS) is 12.5. The lowest BCUT2D eigenvalue weighted by Crippen LogP contribution is -2.24. The van der Waals surface area contributed by atoms with Crippen LogP contribution in [0.2, 0.25) is 0 Å². The summed E-state index contributed by atoms with van der Waals surface area (Å²) in [6.45, 7) is 2.46. The fourth-order valence-electron chi connectivity index (χ4n) is 2.53. The van der Waals surface area contributed by atoms with Gasteiger partial charge in [-0.2, -0.15) is 0 Å². The van der Waals surface area contributed by atoms with E-state index in [-0.39, 0.29) is 0 Å². The number of fused-ring (bicyclic) bond motifs is 1. The molecule has 3 rings (SSSR count). The molecule has 1 aliphatic heterocycles. The highest BCUT2D eigenvalue weighted by Gasteiger charge is 2.17. The molecule has 0 spiro atoms. The van der Waals surface area contributed by atoms with E-state index in [1.807, 2.05) is 36.4 Å². The van der Waals surface area contributed by atoms with E-state index >= 15 is 0 Å². The van der Waals surface area contributed by atoms with Crippen LogP contribution in [0.5, 0.6) is 23.0 Å². The third-order valence-corrected chi connectivity index (χ3v) is 3.72. The van der Waals surface area contributed by atoms with Gasteiger partial charge in [0.05, 0.1) is 7.11 Å². The van der Waals surface area contributed by atoms with E-state index in [0.717, 1.165) is 41.7 Å². The van der Waals surface area contributed by atoms with Crippen molar-refractivity contribution in [2.45, 2.75) is 6.54 Å². The molecule has 0 atom stereocenters. The zero-order valence-corrected chi connectivity index (χ0v) is 13.5. The molecule has 1 aliphatic rings. The Hall–Kier alpha value is -2.40. The van der Waals surface area contributed by atoms with E-state index in [1.165, 1.54) is 0 Å². The standard InChI is InChI=1S/C18H21NO4/c1-19(10-11-21-16-8-4-3-7-15(16)20-2)12-14-6-5-9-17-18(14)23-13-22-17/h3-9H,10-13H2,1-2H3. The van der Waals surface area contributed by atoms with Crippen molar-refractivity contribution in [1.29, 1.82) is 0 Å². The Balaban J connectivity index is 1.52. The topological polar surface area (TPSA) is 40.2 Å². The lowest BCUT2D eigenvalue weighted by atomic mass is 10.2. The second-order valence-corrected chi connectivity index (χ2v) is 5.39. The van der Waals surface area contributed by atoms with Gasteiger partial charge in [-0.15, -0.1) is 0 Å². The molecule has 2 aromatic carbocycles. The van der Waals surface area contributed by atoms with Crippen LogP contribution in [0.25, 0.3) is 0 Å². The summed E-state index contributed by atoms with van der Waals surface area (Å²) in [6, 6.07) is 13.6. The highest BCUT2D eigenvalue weighted by atomic mass is 16.7. The predicted octanol–water partition coefficient (Wildman–Crippen LogP) is 2.93. The van der Waals surface area contributed by atoms with Crippen molar-refractivity contribution in [3.63, 3.8) is 0 Å². The molecular formula is C18H21NO4. The second kappa shape index (κ2) is 7.24. The molecule has 0 fully saturated rings. The Morgan fingerprint density at radius 3 is 2.70 bits per heavy atom. The third kappa shape index (κ3) is 3.68. The maximum atomic E-state index is 5.81. The third-order valence-electron chi connectivity index (χ3n) is 3.72. The zero-order chi connectivity index (χ0) is 16.1. The predicted molar refractivity (Wildman–Crippen MR) is 87.4 cm³/mol. The number of rotatable bonds is 7. The Morgan fingerprint density at radius 2 is 1.87 bits per heavy atom. The van der Waals surface area contributed by atoms with Crippen molar-refractivity contribution in [3.8, 4) is 23.0 Å². The molecule has 0 N–H and O–H groups in total. The molecule has 1 heterocycles. The van der Waals surface area contributed by atoms with E-state index in [4.69, 9.17) is 18.9 Å². The van der Waals surface area contributed by atoms with Crippen molar-refractivity contribution in [3.05, 3.63) is 48.0 Å². The fraction of sp³-hybridized carbons (Fsp3) is 0.333. The van der Waals surface area contributed by atoms with Crippen molar-refractivity contribution in [2.75, 3.05) is 34.1 Å². The maximum absolute atomic E-state index is 5.81. The second-order valence-electron chi connectivity index (χ2n) is 5.39. The number of likely N-dealkylation sites (N-methyl/N-ethyl adjacent to an activating group) is 1. The summed E-state index contributed by atoms with van der Waals surface area (Å²) in [6.07, 6.45) is 0. The fourth-order valence-corrected chi connectivity index (χ4v) is 2.53. The summed E-state index contributed by atoms with van der Waals surface area (Å²) in [7, 11) is 3.70. The van der Waals surface area contributed by atoms with Gasteiger partial charge >= 0.3 is 0 Å². The van der Waals surface area contributed by atoms with Crippen LogP contribution in [0.1, 0.15) is 5.56 Å². The highest BCUT2D eigenvalue weighted by molar-refractivity contribution is 5.48. The summed E-state index contributed by atoms with van der Waals surface area (Å²) in [5, 5.41) is 0. The smallest absolute Gasteiger partial charge is 0.231 e. The first-order valence-electron chi connectivity index (χ1n) is 7.60. The lowest BCUT2D eigenvalue weighted by Gasteiger charge is -2.18.